The normalized spacial score (nSPS) is 17.8. The van der Waals surface area contributed by atoms with Crippen LogP contribution in [-0.2, 0) is 0 Å². The molecule has 2 N–H and O–H groups in total. The number of aromatic nitrogens is 1. The van der Waals surface area contributed by atoms with Crippen molar-refractivity contribution >= 4 is 5.91 Å². The smallest absolute Gasteiger partial charge is 0.255 e. The molecule has 1 saturated heterocycles. The number of piperazine rings is 1. The highest BCUT2D eigenvalue weighted by molar-refractivity contribution is 5.94. The van der Waals surface area contributed by atoms with Crippen LogP contribution in [-0.4, -0.2) is 59.5 Å². The highest BCUT2D eigenvalue weighted by Gasteiger charge is 2.25. The molecule has 0 saturated carbocycles. The van der Waals surface area contributed by atoms with Crippen LogP contribution in [0.5, 0.6) is 0 Å². The van der Waals surface area contributed by atoms with E-state index >= 15 is 0 Å². The molecule has 0 aliphatic carbocycles. The molecule has 1 aromatic rings. The van der Waals surface area contributed by atoms with Gasteiger partial charge in [-0.25, -0.2) is 0 Å². The summed E-state index contributed by atoms with van der Waals surface area (Å²) in [6, 6.07) is 2.36. The molecule has 1 aliphatic heterocycles. The molecule has 21 heavy (non-hydrogen) atoms. The van der Waals surface area contributed by atoms with Crippen LogP contribution in [0.2, 0.25) is 0 Å². The van der Waals surface area contributed by atoms with Crippen LogP contribution in [0.1, 0.15) is 35.7 Å². The first-order valence-electron chi connectivity index (χ1n) is 7.80. The van der Waals surface area contributed by atoms with Gasteiger partial charge in [-0.2, -0.15) is 0 Å². The summed E-state index contributed by atoms with van der Waals surface area (Å²) in [5.41, 5.74) is 7.57. The molecule has 0 bridgehead atoms. The lowest BCUT2D eigenvalue weighted by atomic mass is 10.1. The molecule has 2 rings (SSSR count). The zero-order valence-electron chi connectivity index (χ0n) is 13.1. The molecule has 1 atom stereocenters. The Morgan fingerprint density at radius 2 is 2.05 bits per heavy atom. The van der Waals surface area contributed by atoms with Crippen molar-refractivity contribution in [2.45, 2.75) is 32.7 Å². The van der Waals surface area contributed by atoms with Gasteiger partial charge in [0.1, 0.15) is 0 Å². The highest BCUT2D eigenvalue weighted by Crippen LogP contribution is 2.13. The van der Waals surface area contributed by atoms with E-state index in [1.807, 2.05) is 17.9 Å². The number of rotatable bonds is 5. The summed E-state index contributed by atoms with van der Waals surface area (Å²) in [4.78, 5) is 20.9. The SMILES string of the molecule is CCCC(CN)N1CCN(C(=O)c2cncc(C)c2)CC1. The first-order valence-corrected chi connectivity index (χ1v) is 7.80. The first-order chi connectivity index (χ1) is 10.2. The van der Waals surface area contributed by atoms with E-state index in [9.17, 15) is 4.79 Å². The number of hydrogen-bond donors (Lipinski definition) is 1. The van der Waals surface area contributed by atoms with E-state index < -0.39 is 0 Å². The third kappa shape index (κ3) is 4.02. The molecule has 1 aromatic heterocycles. The van der Waals surface area contributed by atoms with Gasteiger partial charge in [-0.3, -0.25) is 14.7 Å². The number of carbonyl (C=O) groups is 1. The van der Waals surface area contributed by atoms with Crippen molar-refractivity contribution in [3.63, 3.8) is 0 Å². The molecule has 5 heteroatoms. The Bertz CT molecular complexity index is 469. The number of aryl methyl sites for hydroxylation is 1. The summed E-state index contributed by atoms with van der Waals surface area (Å²) in [6.07, 6.45) is 5.70. The minimum absolute atomic E-state index is 0.0886. The Labute approximate surface area is 127 Å². The molecule has 1 fully saturated rings. The van der Waals surface area contributed by atoms with Crippen molar-refractivity contribution in [3.8, 4) is 0 Å². The number of nitrogens with zero attached hydrogens (tertiary/aromatic N) is 3. The summed E-state index contributed by atoms with van der Waals surface area (Å²) >= 11 is 0. The Kier molecular flexibility index (Phi) is 5.70. The monoisotopic (exact) mass is 290 g/mol. The van der Waals surface area contributed by atoms with Gasteiger partial charge < -0.3 is 10.6 Å². The summed E-state index contributed by atoms with van der Waals surface area (Å²) < 4.78 is 0. The van der Waals surface area contributed by atoms with Gasteiger partial charge in [0.05, 0.1) is 5.56 Å². The second-order valence-electron chi connectivity index (χ2n) is 5.76. The summed E-state index contributed by atoms with van der Waals surface area (Å²) in [7, 11) is 0. The number of carbonyl (C=O) groups excluding carboxylic acids is 1. The Morgan fingerprint density at radius 1 is 1.33 bits per heavy atom. The molecule has 1 unspecified atom stereocenters. The topological polar surface area (TPSA) is 62.5 Å². The second-order valence-corrected chi connectivity index (χ2v) is 5.76. The van der Waals surface area contributed by atoms with Crippen LogP contribution in [0.3, 0.4) is 0 Å². The minimum atomic E-state index is 0.0886. The fourth-order valence-electron chi connectivity index (χ4n) is 2.93. The number of hydrogen-bond acceptors (Lipinski definition) is 4. The van der Waals surface area contributed by atoms with E-state index in [1.165, 1.54) is 0 Å². The fourth-order valence-corrected chi connectivity index (χ4v) is 2.93. The van der Waals surface area contributed by atoms with Crippen LogP contribution in [0.25, 0.3) is 0 Å². The lowest BCUT2D eigenvalue weighted by Gasteiger charge is -2.39. The summed E-state index contributed by atoms with van der Waals surface area (Å²) in [5.74, 6) is 0.0886. The van der Waals surface area contributed by atoms with Crippen molar-refractivity contribution in [2.24, 2.45) is 5.73 Å². The molecule has 0 aromatic carbocycles. The van der Waals surface area contributed by atoms with Gasteiger partial charge in [0.15, 0.2) is 0 Å². The predicted octanol–water partition coefficient (Wildman–Crippen LogP) is 1.28. The van der Waals surface area contributed by atoms with Crippen molar-refractivity contribution in [1.29, 1.82) is 0 Å². The molecule has 116 valence electrons. The second kappa shape index (κ2) is 7.52. The predicted molar refractivity (Wildman–Crippen MR) is 84.2 cm³/mol. The van der Waals surface area contributed by atoms with E-state index in [4.69, 9.17) is 5.73 Å². The summed E-state index contributed by atoms with van der Waals surface area (Å²) in [5, 5.41) is 0. The van der Waals surface area contributed by atoms with Gasteiger partial charge in [-0.05, 0) is 25.0 Å². The van der Waals surface area contributed by atoms with Crippen molar-refractivity contribution in [1.82, 2.24) is 14.8 Å². The van der Waals surface area contributed by atoms with Gasteiger partial charge in [0.2, 0.25) is 0 Å². The fraction of sp³-hybridized carbons (Fsp3) is 0.625. The Morgan fingerprint density at radius 3 is 2.62 bits per heavy atom. The number of nitrogens with two attached hydrogens (primary N) is 1. The Balaban J connectivity index is 1.93. The van der Waals surface area contributed by atoms with Crippen molar-refractivity contribution in [2.75, 3.05) is 32.7 Å². The molecular weight excluding hydrogens is 264 g/mol. The zero-order valence-corrected chi connectivity index (χ0v) is 13.1. The van der Waals surface area contributed by atoms with E-state index in [0.717, 1.165) is 44.6 Å². The highest BCUT2D eigenvalue weighted by atomic mass is 16.2. The van der Waals surface area contributed by atoms with Crippen LogP contribution in [0.4, 0.5) is 0 Å². The zero-order chi connectivity index (χ0) is 15.2. The third-order valence-corrected chi connectivity index (χ3v) is 4.13. The van der Waals surface area contributed by atoms with Gasteiger partial charge in [0, 0.05) is 51.2 Å². The number of amides is 1. The maximum atomic E-state index is 12.5. The van der Waals surface area contributed by atoms with Crippen LogP contribution >= 0.6 is 0 Å². The van der Waals surface area contributed by atoms with E-state index in [0.29, 0.717) is 18.2 Å². The lowest BCUT2D eigenvalue weighted by molar-refractivity contribution is 0.0565. The maximum Gasteiger partial charge on any atom is 0.255 e. The average Bonchev–Trinajstić information content (AvgIpc) is 2.52. The first kappa shape index (κ1) is 15.9. The maximum absolute atomic E-state index is 12.5. The van der Waals surface area contributed by atoms with Crippen LogP contribution < -0.4 is 5.73 Å². The van der Waals surface area contributed by atoms with Gasteiger partial charge in [-0.15, -0.1) is 0 Å². The standard InChI is InChI=1S/C16H26N4O/c1-3-4-15(10-17)19-5-7-20(8-6-19)16(21)14-9-13(2)11-18-12-14/h9,11-12,15H,3-8,10,17H2,1-2H3. The van der Waals surface area contributed by atoms with E-state index in [2.05, 4.69) is 16.8 Å². The largest absolute Gasteiger partial charge is 0.336 e. The van der Waals surface area contributed by atoms with Crippen LogP contribution in [0, 0.1) is 6.92 Å². The Hall–Kier alpha value is -1.46. The quantitative estimate of drug-likeness (QED) is 0.887. The molecule has 0 spiro atoms. The average molecular weight is 290 g/mol. The number of pyridine rings is 1. The van der Waals surface area contributed by atoms with Gasteiger partial charge in [0.25, 0.3) is 5.91 Å². The third-order valence-electron chi connectivity index (χ3n) is 4.13. The van der Waals surface area contributed by atoms with E-state index in [1.54, 1.807) is 12.4 Å². The van der Waals surface area contributed by atoms with Gasteiger partial charge in [-0.1, -0.05) is 13.3 Å². The molecule has 1 aliphatic rings. The van der Waals surface area contributed by atoms with Gasteiger partial charge >= 0.3 is 0 Å². The molecule has 5 nitrogen and oxygen atoms in total. The molecular formula is C16H26N4O. The van der Waals surface area contributed by atoms with Crippen LogP contribution in [0.15, 0.2) is 18.5 Å². The van der Waals surface area contributed by atoms with Crippen molar-refractivity contribution < 1.29 is 4.79 Å². The summed E-state index contributed by atoms with van der Waals surface area (Å²) in [6.45, 7) is 8.20. The molecule has 0 radical (unpaired) electrons. The van der Waals surface area contributed by atoms with Crippen molar-refractivity contribution in [3.05, 3.63) is 29.6 Å². The molecule has 1 amide bonds. The molecule has 2 heterocycles. The lowest BCUT2D eigenvalue weighted by Crippen LogP contribution is -2.53. The van der Waals surface area contributed by atoms with E-state index in [-0.39, 0.29) is 5.91 Å². The minimum Gasteiger partial charge on any atom is -0.336 e.